The first-order valence-corrected chi connectivity index (χ1v) is 9.72. The molecular formula is C23H19N3O3. The monoisotopic (exact) mass is 385 g/mol. The van der Waals surface area contributed by atoms with Crippen LogP contribution in [-0.2, 0) is 4.79 Å². The highest BCUT2D eigenvalue weighted by molar-refractivity contribution is 6.22. The van der Waals surface area contributed by atoms with Crippen molar-refractivity contribution in [1.82, 2.24) is 14.9 Å². The number of ketones is 1. The maximum atomic E-state index is 13.2. The lowest BCUT2D eigenvalue weighted by Crippen LogP contribution is -2.55. The van der Waals surface area contributed by atoms with Crippen LogP contribution in [0, 0.1) is 5.92 Å². The molecule has 2 aromatic rings. The van der Waals surface area contributed by atoms with Crippen molar-refractivity contribution in [2.24, 2.45) is 5.92 Å². The number of carbonyl (C=O) groups excluding carboxylic acids is 3. The van der Waals surface area contributed by atoms with Crippen molar-refractivity contribution in [1.29, 1.82) is 0 Å². The minimum atomic E-state index is -0.849. The van der Waals surface area contributed by atoms with Gasteiger partial charge in [0.2, 0.25) is 0 Å². The molecule has 1 aromatic heterocycles. The second-order valence-electron chi connectivity index (χ2n) is 7.91. The SMILES string of the molecule is CC1(N2C(=O)c3ccccc3C2=O)CCCC2C(=O)C=C(c3ccncn3)C=C21. The van der Waals surface area contributed by atoms with Gasteiger partial charge in [0.25, 0.3) is 11.8 Å². The lowest BCUT2D eigenvalue weighted by Gasteiger charge is -2.46. The van der Waals surface area contributed by atoms with E-state index in [0.717, 1.165) is 18.4 Å². The number of allylic oxidation sites excluding steroid dienone is 3. The van der Waals surface area contributed by atoms with Crippen LogP contribution in [0.3, 0.4) is 0 Å². The molecule has 0 bridgehead atoms. The number of benzene rings is 1. The molecule has 0 radical (unpaired) electrons. The van der Waals surface area contributed by atoms with Gasteiger partial charge in [-0.2, -0.15) is 0 Å². The molecule has 29 heavy (non-hydrogen) atoms. The third kappa shape index (κ3) is 2.52. The molecule has 5 rings (SSSR count). The van der Waals surface area contributed by atoms with Gasteiger partial charge in [-0.25, -0.2) is 9.97 Å². The quantitative estimate of drug-likeness (QED) is 0.742. The molecule has 6 nitrogen and oxygen atoms in total. The Morgan fingerprint density at radius 3 is 2.41 bits per heavy atom. The third-order valence-corrected chi connectivity index (χ3v) is 6.27. The summed E-state index contributed by atoms with van der Waals surface area (Å²) in [6, 6.07) is 8.65. The number of nitrogens with zero attached hydrogens (tertiary/aromatic N) is 3. The normalized spacial score (nSPS) is 26.0. The Kier molecular flexibility index (Phi) is 3.84. The van der Waals surface area contributed by atoms with Crippen LogP contribution in [0.5, 0.6) is 0 Å². The van der Waals surface area contributed by atoms with Gasteiger partial charge in [-0.1, -0.05) is 18.2 Å². The summed E-state index contributed by atoms with van der Waals surface area (Å²) in [6.07, 6.45) is 8.75. The predicted octanol–water partition coefficient (Wildman–Crippen LogP) is 3.22. The molecule has 1 aromatic carbocycles. The highest BCUT2D eigenvalue weighted by Crippen LogP contribution is 2.47. The van der Waals surface area contributed by atoms with Crippen molar-refractivity contribution in [2.75, 3.05) is 0 Å². The fourth-order valence-electron chi connectivity index (χ4n) is 4.83. The van der Waals surface area contributed by atoms with E-state index < -0.39 is 5.54 Å². The molecule has 1 aliphatic heterocycles. The number of aromatic nitrogens is 2. The van der Waals surface area contributed by atoms with Gasteiger partial charge < -0.3 is 0 Å². The number of rotatable bonds is 2. The van der Waals surface area contributed by atoms with Crippen molar-refractivity contribution in [2.45, 2.75) is 31.7 Å². The molecule has 0 saturated heterocycles. The summed E-state index contributed by atoms with van der Waals surface area (Å²) in [5.74, 6) is -0.900. The highest BCUT2D eigenvalue weighted by Gasteiger charge is 2.52. The van der Waals surface area contributed by atoms with E-state index in [1.165, 1.54) is 11.2 Å². The zero-order valence-electron chi connectivity index (χ0n) is 16.0. The van der Waals surface area contributed by atoms with Crippen LogP contribution in [0.4, 0.5) is 0 Å². The second kappa shape index (κ2) is 6.30. The zero-order chi connectivity index (χ0) is 20.2. The van der Waals surface area contributed by atoms with Crippen molar-refractivity contribution < 1.29 is 14.4 Å². The molecule has 2 heterocycles. The van der Waals surface area contributed by atoms with E-state index in [1.807, 2.05) is 13.0 Å². The molecule has 2 atom stereocenters. The summed E-state index contributed by atoms with van der Waals surface area (Å²) in [5, 5.41) is 0. The molecule has 0 spiro atoms. The summed E-state index contributed by atoms with van der Waals surface area (Å²) >= 11 is 0. The molecule has 144 valence electrons. The van der Waals surface area contributed by atoms with Crippen LogP contribution in [0.25, 0.3) is 5.57 Å². The van der Waals surface area contributed by atoms with Crippen LogP contribution in [0.2, 0.25) is 0 Å². The predicted molar refractivity (Wildman–Crippen MR) is 106 cm³/mol. The van der Waals surface area contributed by atoms with Crippen molar-refractivity contribution >= 4 is 23.2 Å². The van der Waals surface area contributed by atoms with Crippen LogP contribution in [0.15, 0.2) is 60.6 Å². The fraction of sp³-hybridized carbons (Fsp3) is 0.261. The van der Waals surface area contributed by atoms with Crippen molar-refractivity contribution in [3.8, 4) is 0 Å². The molecule has 2 amide bonds. The van der Waals surface area contributed by atoms with Gasteiger partial charge in [0.1, 0.15) is 6.33 Å². The number of hydrogen-bond donors (Lipinski definition) is 0. The van der Waals surface area contributed by atoms with Gasteiger partial charge in [0, 0.05) is 17.7 Å². The molecular weight excluding hydrogens is 366 g/mol. The lowest BCUT2D eigenvalue weighted by molar-refractivity contribution is -0.118. The molecule has 2 aliphatic carbocycles. The minimum Gasteiger partial charge on any atom is -0.294 e. The summed E-state index contributed by atoms with van der Waals surface area (Å²) in [4.78, 5) is 48.9. The summed E-state index contributed by atoms with van der Waals surface area (Å²) in [6.45, 7) is 1.91. The Balaban J connectivity index is 1.63. The summed E-state index contributed by atoms with van der Waals surface area (Å²) < 4.78 is 0. The Bertz CT molecular complexity index is 1080. The molecule has 1 fully saturated rings. The number of amides is 2. The van der Waals surface area contributed by atoms with Crippen LogP contribution >= 0.6 is 0 Å². The van der Waals surface area contributed by atoms with Gasteiger partial charge in [-0.3, -0.25) is 19.3 Å². The third-order valence-electron chi connectivity index (χ3n) is 6.27. The summed E-state index contributed by atoms with van der Waals surface area (Å²) in [7, 11) is 0. The Labute approximate surface area is 168 Å². The molecule has 3 aliphatic rings. The second-order valence-corrected chi connectivity index (χ2v) is 7.91. The van der Waals surface area contributed by atoms with E-state index in [2.05, 4.69) is 9.97 Å². The van der Waals surface area contributed by atoms with Crippen molar-refractivity contribution in [3.63, 3.8) is 0 Å². The van der Waals surface area contributed by atoms with Gasteiger partial charge in [-0.05, 0) is 56.0 Å². The fourth-order valence-corrected chi connectivity index (χ4v) is 4.83. The van der Waals surface area contributed by atoms with Gasteiger partial charge in [-0.15, -0.1) is 0 Å². The molecule has 1 saturated carbocycles. The first-order valence-electron chi connectivity index (χ1n) is 9.72. The standard InChI is InChI=1S/C23H19N3O3/c1-23(26-21(28)15-5-2-3-6-16(15)22(26)29)9-4-7-17-18(23)11-14(12-20(17)27)19-8-10-24-13-25-19/h2-3,5-6,8,10-13,17H,4,7,9H2,1H3. The Hall–Kier alpha value is -3.41. The van der Waals surface area contributed by atoms with Gasteiger partial charge >= 0.3 is 0 Å². The number of imide groups is 1. The van der Waals surface area contributed by atoms with E-state index in [9.17, 15) is 14.4 Å². The minimum absolute atomic E-state index is 0.00125. The molecule has 2 unspecified atom stereocenters. The topological polar surface area (TPSA) is 80.2 Å². The maximum absolute atomic E-state index is 13.2. The van der Waals surface area contributed by atoms with E-state index in [4.69, 9.17) is 0 Å². The number of hydrogen-bond acceptors (Lipinski definition) is 5. The highest BCUT2D eigenvalue weighted by atomic mass is 16.2. The first kappa shape index (κ1) is 17.7. The van der Waals surface area contributed by atoms with Gasteiger partial charge in [0.15, 0.2) is 5.78 Å². The lowest BCUT2D eigenvalue weighted by atomic mass is 9.67. The average Bonchev–Trinajstić information content (AvgIpc) is 3.00. The van der Waals surface area contributed by atoms with E-state index in [0.29, 0.717) is 28.8 Å². The summed E-state index contributed by atoms with van der Waals surface area (Å²) in [5.41, 5.74) is 2.16. The van der Waals surface area contributed by atoms with Crippen LogP contribution in [0.1, 0.15) is 52.6 Å². The number of carbonyl (C=O) groups is 3. The first-order chi connectivity index (χ1) is 14.0. The Morgan fingerprint density at radius 1 is 1.03 bits per heavy atom. The van der Waals surface area contributed by atoms with E-state index in [-0.39, 0.29) is 23.5 Å². The van der Waals surface area contributed by atoms with Gasteiger partial charge in [0.05, 0.1) is 22.4 Å². The largest absolute Gasteiger partial charge is 0.294 e. The van der Waals surface area contributed by atoms with E-state index in [1.54, 1.807) is 42.6 Å². The van der Waals surface area contributed by atoms with E-state index >= 15 is 0 Å². The smallest absolute Gasteiger partial charge is 0.262 e. The van der Waals surface area contributed by atoms with Crippen LogP contribution in [-0.4, -0.2) is 38.0 Å². The zero-order valence-corrected chi connectivity index (χ0v) is 16.0. The average molecular weight is 385 g/mol. The molecule has 6 heteroatoms. The number of fused-ring (bicyclic) bond motifs is 2. The van der Waals surface area contributed by atoms with Crippen molar-refractivity contribution in [3.05, 3.63) is 77.4 Å². The molecule has 0 N–H and O–H groups in total. The Morgan fingerprint density at radius 2 is 1.76 bits per heavy atom. The van der Waals surface area contributed by atoms with Crippen LogP contribution < -0.4 is 0 Å². The maximum Gasteiger partial charge on any atom is 0.262 e.